The second-order valence-corrected chi connectivity index (χ2v) is 6.11. The van der Waals surface area contributed by atoms with E-state index in [1.807, 2.05) is 29.8 Å². The number of nitrogens with one attached hydrogen (secondary N) is 1. The van der Waals surface area contributed by atoms with E-state index in [1.165, 1.54) is 0 Å². The van der Waals surface area contributed by atoms with Gasteiger partial charge in [-0.25, -0.2) is 4.98 Å². The van der Waals surface area contributed by atoms with Crippen LogP contribution < -0.4 is 5.32 Å². The van der Waals surface area contributed by atoms with E-state index in [9.17, 15) is 5.11 Å². The number of benzene rings is 2. The number of rotatable bonds is 4. The third-order valence-corrected chi connectivity index (χ3v) is 4.58. The smallest absolute Gasteiger partial charge is 0.115 e. The van der Waals surface area contributed by atoms with Crippen LogP contribution in [0.5, 0.6) is 5.75 Å². The summed E-state index contributed by atoms with van der Waals surface area (Å²) in [5.41, 5.74) is 4.71. The van der Waals surface area contributed by atoms with Gasteiger partial charge in [0.25, 0.3) is 0 Å². The number of anilines is 1. The van der Waals surface area contributed by atoms with Crippen molar-refractivity contribution in [3.05, 3.63) is 52.5 Å². The lowest BCUT2D eigenvalue weighted by molar-refractivity contribution is 0.475. The number of hydrogen-bond donors (Lipinski definition) is 2. The number of hydrogen-bond acceptors (Lipinski definition) is 4. The first-order valence-electron chi connectivity index (χ1n) is 6.76. The Bertz CT molecular complexity index is 755. The molecule has 0 aliphatic rings. The van der Waals surface area contributed by atoms with E-state index in [2.05, 4.69) is 17.2 Å². The number of phenolic OH excluding ortho intramolecular Hbond substituents is 1. The second-order valence-electron chi connectivity index (χ2n) is 4.82. The molecule has 0 fully saturated rings. The molecule has 0 radical (unpaired) electrons. The van der Waals surface area contributed by atoms with Gasteiger partial charge in [-0.15, -0.1) is 11.3 Å². The third-order valence-electron chi connectivity index (χ3n) is 3.47. The Balaban J connectivity index is 1.97. The van der Waals surface area contributed by atoms with Crippen LogP contribution in [-0.2, 0) is 0 Å². The molecule has 108 valence electrons. The molecule has 5 heteroatoms. The maximum atomic E-state index is 9.41. The molecule has 3 nitrogen and oxygen atoms in total. The summed E-state index contributed by atoms with van der Waals surface area (Å²) in [6, 6.07) is 11.2. The summed E-state index contributed by atoms with van der Waals surface area (Å²) >= 11 is 7.94. The fourth-order valence-corrected chi connectivity index (χ4v) is 3.24. The van der Waals surface area contributed by atoms with Gasteiger partial charge in [0.2, 0.25) is 0 Å². The first-order chi connectivity index (χ1) is 10.2. The molecule has 1 heterocycles. The summed E-state index contributed by atoms with van der Waals surface area (Å²) in [4.78, 5) is 4.41. The predicted molar refractivity (Wildman–Crippen MR) is 89.4 cm³/mol. The largest absolute Gasteiger partial charge is 0.508 e. The molecule has 1 atom stereocenters. The number of aromatic hydroxyl groups is 1. The monoisotopic (exact) mass is 318 g/mol. The molecule has 0 saturated heterocycles. The molecule has 0 saturated carbocycles. The number of halogens is 1. The Morgan fingerprint density at radius 2 is 2.00 bits per heavy atom. The highest BCUT2D eigenvalue weighted by Gasteiger charge is 2.14. The van der Waals surface area contributed by atoms with Gasteiger partial charge in [0, 0.05) is 0 Å². The van der Waals surface area contributed by atoms with Crippen molar-refractivity contribution >= 4 is 38.8 Å². The molecule has 0 aliphatic carbocycles. The molecular weight excluding hydrogens is 304 g/mol. The number of thiazole rings is 1. The fourth-order valence-electron chi connectivity index (χ4n) is 2.35. The summed E-state index contributed by atoms with van der Waals surface area (Å²) in [5, 5.41) is 13.6. The van der Waals surface area contributed by atoms with Gasteiger partial charge < -0.3 is 10.4 Å². The Morgan fingerprint density at radius 1 is 1.24 bits per heavy atom. The second kappa shape index (κ2) is 5.92. The summed E-state index contributed by atoms with van der Waals surface area (Å²) in [6.07, 6.45) is 0.904. The maximum Gasteiger partial charge on any atom is 0.115 e. The van der Waals surface area contributed by atoms with Crippen LogP contribution >= 0.6 is 22.9 Å². The highest BCUT2D eigenvalue weighted by molar-refractivity contribution is 7.16. The Labute approximate surface area is 132 Å². The van der Waals surface area contributed by atoms with E-state index in [0.717, 1.165) is 27.9 Å². The van der Waals surface area contributed by atoms with Crippen LogP contribution in [0.25, 0.3) is 10.2 Å². The van der Waals surface area contributed by atoms with Gasteiger partial charge in [-0.1, -0.05) is 30.7 Å². The lowest BCUT2D eigenvalue weighted by Gasteiger charge is -2.20. The molecule has 0 bridgehead atoms. The number of fused-ring (bicyclic) bond motifs is 1. The van der Waals surface area contributed by atoms with E-state index in [-0.39, 0.29) is 11.8 Å². The van der Waals surface area contributed by atoms with E-state index < -0.39 is 0 Å². The highest BCUT2D eigenvalue weighted by atomic mass is 35.5. The van der Waals surface area contributed by atoms with Gasteiger partial charge in [-0.05, 0) is 36.2 Å². The average Bonchev–Trinajstić information content (AvgIpc) is 2.96. The molecule has 21 heavy (non-hydrogen) atoms. The van der Waals surface area contributed by atoms with Crippen LogP contribution in [0.4, 0.5) is 5.69 Å². The highest BCUT2D eigenvalue weighted by Crippen LogP contribution is 2.35. The van der Waals surface area contributed by atoms with E-state index in [1.54, 1.807) is 23.5 Å². The lowest BCUT2D eigenvalue weighted by Crippen LogP contribution is -2.10. The molecule has 0 spiro atoms. The van der Waals surface area contributed by atoms with Gasteiger partial charge in [0.1, 0.15) is 11.3 Å². The zero-order valence-corrected chi connectivity index (χ0v) is 13.1. The normalized spacial score (nSPS) is 12.5. The zero-order chi connectivity index (χ0) is 14.8. The first-order valence-corrected chi connectivity index (χ1v) is 8.02. The van der Waals surface area contributed by atoms with Crippen molar-refractivity contribution in [2.45, 2.75) is 19.4 Å². The summed E-state index contributed by atoms with van der Waals surface area (Å²) in [5.74, 6) is 0.272. The maximum absolute atomic E-state index is 9.41. The van der Waals surface area contributed by atoms with Gasteiger partial charge >= 0.3 is 0 Å². The van der Waals surface area contributed by atoms with Crippen LogP contribution in [0.1, 0.15) is 24.9 Å². The van der Waals surface area contributed by atoms with E-state index in [0.29, 0.717) is 5.02 Å². The van der Waals surface area contributed by atoms with Gasteiger partial charge in [-0.3, -0.25) is 0 Å². The molecule has 2 N–H and O–H groups in total. The average molecular weight is 319 g/mol. The zero-order valence-electron chi connectivity index (χ0n) is 11.5. The first kappa shape index (κ1) is 14.2. The Hall–Kier alpha value is -1.78. The van der Waals surface area contributed by atoms with Crippen molar-refractivity contribution < 1.29 is 5.11 Å². The summed E-state index contributed by atoms with van der Waals surface area (Å²) in [7, 11) is 0. The molecule has 3 aromatic rings. The molecule has 1 aromatic heterocycles. The number of nitrogens with zero attached hydrogens (tertiary/aromatic N) is 1. The van der Waals surface area contributed by atoms with Crippen LogP contribution in [0, 0.1) is 0 Å². The topological polar surface area (TPSA) is 45.2 Å². The minimum absolute atomic E-state index is 0.121. The molecule has 3 rings (SSSR count). The summed E-state index contributed by atoms with van der Waals surface area (Å²) in [6.45, 7) is 2.11. The van der Waals surface area contributed by atoms with E-state index >= 15 is 0 Å². The predicted octanol–water partition coefficient (Wildman–Crippen LogP) is 5.22. The minimum Gasteiger partial charge on any atom is -0.508 e. The minimum atomic E-state index is 0.121. The van der Waals surface area contributed by atoms with Crippen LogP contribution in [0.2, 0.25) is 5.02 Å². The van der Waals surface area contributed by atoms with Gasteiger partial charge in [-0.2, -0.15) is 0 Å². The third kappa shape index (κ3) is 2.82. The lowest BCUT2D eigenvalue weighted by atomic mass is 10.0. The van der Waals surface area contributed by atoms with Gasteiger partial charge in [0.05, 0.1) is 27.0 Å². The standard InChI is InChI=1S/C16H15ClN2OS/c1-2-13(10-3-5-11(20)6-4-10)19-15-12(17)7-8-14-16(15)18-9-21-14/h3-9,13,19-20H,2H2,1H3. The number of aromatic nitrogens is 1. The van der Waals surface area contributed by atoms with Crippen molar-refractivity contribution in [2.75, 3.05) is 5.32 Å². The van der Waals surface area contributed by atoms with Crippen molar-refractivity contribution in [1.82, 2.24) is 4.98 Å². The SMILES string of the molecule is CCC(Nc1c(Cl)ccc2scnc12)c1ccc(O)cc1. The van der Waals surface area contributed by atoms with Gasteiger partial charge in [0.15, 0.2) is 0 Å². The molecular formula is C16H15ClN2OS. The van der Waals surface area contributed by atoms with Crippen molar-refractivity contribution in [1.29, 1.82) is 0 Å². The quantitative estimate of drug-likeness (QED) is 0.693. The molecule has 0 amide bonds. The van der Waals surface area contributed by atoms with Crippen molar-refractivity contribution in [3.63, 3.8) is 0 Å². The van der Waals surface area contributed by atoms with Crippen LogP contribution in [0.3, 0.4) is 0 Å². The summed E-state index contributed by atoms with van der Waals surface area (Å²) < 4.78 is 1.11. The van der Waals surface area contributed by atoms with Crippen LogP contribution in [0.15, 0.2) is 41.9 Å². The van der Waals surface area contributed by atoms with E-state index in [4.69, 9.17) is 11.6 Å². The molecule has 1 unspecified atom stereocenters. The Kier molecular flexibility index (Phi) is 3.99. The Morgan fingerprint density at radius 3 is 2.71 bits per heavy atom. The van der Waals surface area contributed by atoms with Crippen molar-refractivity contribution in [2.24, 2.45) is 0 Å². The fraction of sp³-hybridized carbons (Fsp3) is 0.188. The molecule has 0 aliphatic heterocycles. The number of phenols is 1. The van der Waals surface area contributed by atoms with Crippen LogP contribution in [-0.4, -0.2) is 10.1 Å². The van der Waals surface area contributed by atoms with Crippen molar-refractivity contribution in [3.8, 4) is 5.75 Å². The molecule has 2 aromatic carbocycles.